The molecule has 0 rings (SSSR count). The molecule has 0 fully saturated rings. The molecule has 0 aliphatic heterocycles. The van der Waals surface area contributed by atoms with Crippen molar-refractivity contribution in [1.82, 2.24) is 5.32 Å². The molecule has 0 unspecified atom stereocenters. The van der Waals surface area contributed by atoms with Crippen LogP contribution in [0.4, 0.5) is 0 Å². The third-order valence-electron chi connectivity index (χ3n) is 1.01. The minimum atomic E-state index is -3.85. The molecule has 0 amide bonds. The first-order valence-electron chi connectivity index (χ1n) is 4.44. The number of hydrogen-bond donors (Lipinski definition) is 1. The van der Waals surface area contributed by atoms with Gasteiger partial charge in [-0.25, -0.2) is 8.37 Å². The van der Waals surface area contributed by atoms with Crippen LogP contribution in [0.3, 0.4) is 0 Å². The Morgan fingerprint density at radius 2 is 1.53 bits per heavy atom. The third-order valence-corrected chi connectivity index (χ3v) is 1.86. The zero-order chi connectivity index (χ0) is 12.2. The summed E-state index contributed by atoms with van der Waals surface area (Å²) in [6, 6.07) is 0. The summed E-state index contributed by atoms with van der Waals surface area (Å²) in [5.74, 6) is 0. The summed E-state index contributed by atoms with van der Waals surface area (Å²) in [7, 11) is -1.92. The largest absolute Gasteiger partial charge is 0.400 e. The second-order valence-electron chi connectivity index (χ2n) is 2.26. The molecule has 90 valence electrons. The molecule has 0 aromatic heterocycles. The molecule has 0 saturated heterocycles. The van der Waals surface area contributed by atoms with Crippen molar-refractivity contribution in [2.45, 2.75) is 6.92 Å². The van der Waals surface area contributed by atoms with Gasteiger partial charge < -0.3 is 5.32 Å². The molecule has 0 spiro atoms. The van der Waals surface area contributed by atoms with Gasteiger partial charge in [-0.1, -0.05) is 19.1 Å². The van der Waals surface area contributed by atoms with E-state index >= 15 is 0 Å². The summed E-state index contributed by atoms with van der Waals surface area (Å²) < 4.78 is 29.7. The van der Waals surface area contributed by atoms with Crippen molar-refractivity contribution >= 4 is 10.4 Å². The van der Waals surface area contributed by atoms with Crippen molar-refractivity contribution in [3.05, 3.63) is 25.3 Å². The fourth-order valence-corrected chi connectivity index (χ4v) is 0.891. The van der Waals surface area contributed by atoms with E-state index in [1.165, 1.54) is 12.2 Å². The molecule has 0 atom stereocenters. The van der Waals surface area contributed by atoms with Crippen molar-refractivity contribution in [2.75, 3.05) is 26.8 Å². The fraction of sp³-hybridized carbons (Fsp3) is 0.556. The second kappa shape index (κ2) is 11.4. The molecule has 0 bridgehead atoms. The Hall–Kier alpha value is -0.690. The van der Waals surface area contributed by atoms with E-state index in [1.54, 1.807) is 0 Å². The second-order valence-corrected chi connectivity index (χ2v) is 3.55. The topological polar surface area (TPSA) is 64.6 Å². The van der Waals surface area contributed by atoms with Crippen LogP contribution in [0.25, 0.3) is 0 Å². The van der Waals surface area contributed by atoms with Crippen LogP contribution in [0.15, 0.2) is 25.3 Å². The van der Waals surface area contributed by atoms with Crippen molar-refractivity contribution in [3.63, 3.8) is 0 Å². The zero-order valence-electron chi connectivity index (χ0n) is 9.23. The predicted molar refractivity (Wildman–Crippen MR) is 60.8 cm³/mol. The minimum Gasteiger partial charge on any atom is -0.320 e. The monoisotopic (exact) mass is 237 g/mol. The Balaban J connectivity index is 0. The van der Waals surface area contributed by atoms with Crippen molar-refractivity contribution in [1.29, 1.82) is 0 Å². The first-order valence-corrected chi connectivity index (χ1v) is 5.77. The van der Waals surface area contributed by atoms with Gasteiger partial charge in [0.2, 0.25) is 0 Å². The highest BCUT2D eigenvalue weighted by atomic mass is 32.3. The Labute approximate surface area is 92.1 Å². The minimum absolute atomic E-state index is 0.0839. The zero-order valence-corrected chi connectivity index (χ0v) is 10.0. The maximum Gasteiger partial charge on any atom is 0.400 e. The molecule has 0 radical (unpaired) electrons. The van der Waals surface area contributed by atoms with Gasteiger partial charge in [0, 0.05) is 0 Å². The van der Waals surface area contributed by atoms with E-state index in [1.807, 2.05) is 7.05 Å². The SMILES string of the molecule is C=CCOS(=O)(=O)OCC=C.CCNC. The van der Waals surface area contributed by atoms with Crippen LogP contribution in [0.5, 0.6) is 0 Å². The fourth-order valence-electron chi connectivity index (χ4n) is 0.297. The van der Waals surface area contributed by atoms with Gasteiger partial charge in [-0.3, -0.25) is 0 Å². The van der Waals surface area contributed by atoms with Crippen LogP contribution in [-0.4, -0.2) is 35.2 Å². The Kier molecular flexibility index (Phi) is 12.7. The maximum atomic E-state index is 10.6. The maximum absolute atomic E-state index is 10.6. The normalized spacial score (nSPS) is 10.0. The first kappa shape index (κ1) is 16.7. The van der Waals surface area contributed by atoms with E-state index < -0.39 is 10.4 Å². The lowest BCUT2D eigenvalue weighted by atomic mass is 10.7. The number of rotatable bonds is 7. The van der Waals surface area contributed by atoms with E-state index in [0.29, 0.717) is 0 Å². The van der Waals surface area contributed by atoms with Crippen LogP contribution in [0.1, 0.15) is 6.92 Å². The quantitative estimate of drug-likeness (QED) is 0.665. The summed E-state index contributed by atoms with van der Waals surface area (Å²) in [4.78, 5) is 0. The molecule has 6 heteroatoms. The molecule has 5 nitrogen and oxygen atoms in total. The molecule has 0 saturated carbocycles. The van der Waals surface area contributed by atoms with E-state index in [9.17, 15) is 8.42 Å². The van der Waals surface area contributed by atoms with Crippen molar-refractivity contribution in [3.8, 4) is 0 Å². The Morgan fingerprint density at radius 1 is 1.20 bits per heavy atom. The van der Waals surface area contributed by atoms with Crippen LogP contribution in [0.2, 0.25) is 0 Å². The average molecular weight is 237 g/mol. The molecule has 0 aromatic rings. The Morgan fingerprint density at radius 3 is 1.73 bits per heavy atom. The van der Waals surface area contributed by atoms with Gasteiger partial charge in [0.05, 0.1) is 13.2 Å². The number of hydrogen-bond acceptors (Lipinski definition) is 5. The molecule has 0 heterocycles. The summed E-state index contributed by atoms with van der Waals surface area (Å²) in [6.07, 6.45) is 2.63. The van der Waals surface area contributed by atoms with Gasteiger partial charge in [-0.15, -0.1) is 13.2 Å². The number of nitrogens with one attached hydrogen (secondary N) is 1. The molecule has 0 aliphatic rings. The van der Waals surface area contributed by atoms with E-state index in [2.05, 4.69) is 33.8 Å². The van der Waals surface area contributed by atoms with E-state index in [0.717, 1.165) is 6.54 Å². The van der Waals surface area contributed by atoms with Gasteiger partial charge in [-0.2, -0.15) is 8.42 Å². The lowest BCUT2D eigenvalue weighted by molar-refractivity contribution is 0.247. The van der Waals surface area contributed by atoms with Gasteiger partial charge in [-0.05, 0) is 13.6 Å². The molecule has 0 aliphatic carbocycles. The third kappa shape index (κ3) is 16.0. The highest BCUT2D eigenvalue weighted by molar-refractivity contribution is 7.81. The lowest BCUT2D eigenvalue weighted by Crippen LogP contribution is -2.09. The molecule has 0 aromatic carbocycles. The molecule has 15 heavy (non-hydrogen) atoms. The van der Waals surface area contributed by atoms with Gasteiger partial charge in [0.1, 0.15) is 0 Å². The van der Waals surface area contributed by atoms with Crippen LogP contribution >= 0.6 is 0 Å². The first-order chi connectivity index (χ1) is 7.04. The standard InChI is InChI=1S/C6H10O4S.C3H9N/c1-3-5-9-11(7,8)10-6-4-2;1-3-4-2/h3-4H,1-2,5-6H2;4H,3H2,1-2H3. The summed E-state index contributed by atoms with van der Waals surface area (Å²) in [6.45, 7) is 9.53. The Bertz CT molecular complexity index is 229. The van der Waals surface area contributed by atoms with Gasteiger partial charge >= 0.3 is 10.4 Å². The van der Waals surface area contributed by atoms with Crippen LogP contribution in [0, 0.1) is 0 Å². The smallest absolute Gasteiger partial charge is 0.320 e. The molecular weight excluding hydrogens is 218 g/mol. The lowest BCUT2D eigenvalue weighted by Gasteiger charge is -2.00. The van der Waals surface area contributed by atoms with Crippen molar-refractivity contribution in [2.24, 2.45) is 0 Å². The predicted octanol–water partition coefficient (Wildman–Crippen LogP) is 0.862. The summed E-state index contributed by atoms with van der Waals surface area (Å²) in [5, 5.41) is 2.93. The van der Waals surface area contributed by atoms with Crippen LogP contribution < -0.4 is 5.32 Å². The van der Waals surface area contributed by atoms with Crippen LogP contribution in [-0.2, 0) is 18.8 Å². The highest BCUT2D eigenvalue weighted by Gasteiger charge is 2.08. The van der Waals surface area contributed by atoms with Crippen molar-refractivity contribution < 1.29 is 16.8 Å². The van der Waals surface area contributed by atoms with Gasteiger partial charge in [0.15, 0.2) is 0 Å². The summed E-state index contributed by atoms with van der Waals surface area (Å²) >= 11 is 0. The molecule has 1 N–H and O–H groups in total. The van der Waals surface area contributed by atoms with Gasteiger partial charge in [0.25, 0.3) is 0 Å². The van der Waals surface area contributed by atoms with E-state index in [4.69, 9.17) is 0 Å². The van der Waals surface area contributed by atoms with E-state index in [-0.39, 0.29) is 13.2 Å². The molecular formula is C9H19NO4S. The summed E-state index contributed by atoms with van der Waals surface area (Å²) in [5.41, 5.74) is 0. The average Bonchev–Trinajstić information content (AvgIpc) is 2.24. The highest BCUT2D eigenvalue weighted by Crippen LogP contribution is 1.94.